The maximum atomic E-state index is 12.4. The van der Waals surface area contributed by atoms with Crippen molar-refractivity contribution in [2.24, 2.45) is 0 Å². The fraction of sp³-hybridized carbons (Fsp3) is 0.368. The second-order valence-electron chi connectivity index (χ2n) is 6.27. The Morgan fingerprint density at radius 1 is 1.20 bits per heavy atom. The quantitative estimate of drug-likeness (QED) is 0.644. The van der Waals surface area contributed by atoms with Gasteiger partial charge in [0.05, 0.1) is 7.11 Å². The van der Waals surface area contributed by atoms with Crippen LogP contribution in [0, 0.1) is 13.8 Å². The van der Waals surface area contributed by atoms with Gasteiger partial charge >= 0.3 is 5.97 Å². The summed E-state index contributed by atoms with van der Waals surface area (Å²) in [4.78, 5) is 24.6. The summed E-state index contributed by atoms with van der Waals surface area (Å²) in [6.45, 7) is 3.51. The van der Waals surface area contributed by atoms with E-state index in [0.717, 1.165) is 24.2 Å². The molecule has 25 heavy (non-hydrogen) atoms. The number of hydrogen-bond donors (Lipinski definition) is 1. The van der Waals surface area contributed by atoms with Crippen LogP contribution in [0.25, 0.3) is 0 Å². The van der Waals surface area contributed by atoms with Gasteiger partial charge in [0.2, 0.25) is 5.78 Å². The van der Waals surface area contributed by atoms with Gasteiger partial charge in [0.1, 0.15) is 17.1 Å². The summed E-state index contributed by atoms with van der Waals surface area (Å²) in [7, 11) is 1.46. The number of ketones is 1. The van der Waals surface area contributed by atoms with Gasteiger partial charge < -0.3 is 19.1 Å². The molecule has 0 radical (unpaired) electrons. The lowest BCUT2D eigenvalue weighted by Crippen LogP contribution is -2.15. The zero-order valence-corrected chi connectivity index (χ0v) is 14.5. The van der Waals surface area contributed by atoms with Crippen molar-refractivity contribution in [3.8, 4) is 11.5 Å². The molecule has 0 spiro atoms. The number of methoxy groups -OCH3 is 1. The first-order valence-corrected chi connectivity index (χ1v) is 8.18. The van der Waals surface area contributed by atoms with Gasteiger partial charge in [-0.3, -0.25) is 4.79 Å². The van der Waals surface area contributed by atoms with E-state index < -0.39 is 5.97 Å². The van der Waals surface area contributed by atoms with Gasteiger partial charge in [-0.05, 0) is 51.0 Å². The number of phenols is 1. The Morgan fingerprint density at radius 3 is 2.56 bits per heavy atom. The Morgan fingerprint density at radius 2 is 1.92 bits per heavy atom. The van der Waals surface area contributed by atoms with E-state index in [1.807, 2.05) is 19.9 Å². The minimum Gasteiger partial charge on any atom is -0.507 e. The van der Waals surface area contributed by atoms with Crippen molar-refractivity contribution >= 4 is 11.8 Å². The molecule has 6 heteroatoms. The number of esters is 1. The first kappa shape index (κ1) is 17.1. The Balaban J connectivity index is 1.70. The SMILES string of the molecule is COc1ccc(O)c(C(=O)OCC(=O)c2cc(C)n(C3CC3)c2C)c1. The molecule has 1 aliphatic carbocycles. The van der Waals surface area contributed by atoms with Crippen LogP contribution in [0.5, 0.6) is 11.5 Å². The van der Waals surface area contributed by atoms with E-state index in [4.69, 9.17) is 9.47 Å². The summed E-state index contributed by atoms with van der Waals surface area (Å²) in [5, 5.41) is 9.79. The van der Waals surface area contributed by atoms with Crippen LogP contribution in [-0.2, 0) is 4.74 Å². The predicted octanol–water partition coefficient (Wildman–Crippen LogP) is 3.19. The number of ether oxygens (including phenoxy) is 2. The van der Waals surface area contributed by atoms with E-state index in [-0.39, 0.29) is 23.7 Å². The molecule has 2 aromatic rings. The molecule has 0 aliphatic heterocycles. The summed E-state index contributed by atoms with van der Waals surface area (Å²) >= 11 is 0. The molecule has 1 aromatic heterocycles. The number of hydrogen-bond acceptors (Lipinski definition) is 5. The molecule has 6 nitrogen and oxygen atoms in total. The largest absolute Gasteiger partial charge is 0.507 e. The molecule has 1 N–H and O–H groups in total. The van der Waals surface area contributed by atoms with Crippen LogP contribution in [0.15, 0.2) is 24.3 Å². The highest BCUT2D eigenvalue weighted by atomic mass is 16.5. The van der Waals surface area contributed by atoms with E-state index in [0.29, 0.717) is 17.4 Å². The minimum atomic E-state index is -0.763. The third kappa shape index (κ3) is 3.38. The molecule has 1 fully saturated rings. The van der Waals surface area contributed by atoms with Gasteiger partial charge in [-0.15, -0.1) is 0 Å². The van der Waals surface area contributed by atoms with Crippen molar-refractivity contribution in [2.75, 3.05) is 13.7 Å². The van der Waals surface area contributed by atoms with Crippen molar-refractivity contribution in [3.63, 3.8) is 0 Å². The second-order valence-corrected chi connectivity index (χ2v) is 6.27. The number of nitrogens with zero attached hydrogens (tertiary/aromatic N) is 1. The zero-order valence-electron chi connectivity index (χ0n) is 14.5. The van der Waals surface area contributed by atoms with Gasteiger partial charge in [-0.2, -0.15) is 0 Å². The number of carbonyl (C=O) groups excluding carboxylic acids is 2. The van der Waals surface area contributed by atoms with Crippen LogP contribution < -0.4 is 4.74 Å². The van der Waals surface area contributed by atoms with Crippen LogP contribution in [0.3, 0.4) is 0 Å². The lowest BCUT2D eigenvalue weighted by molar-refractivity contribution is 0.0471. The monoisotopic (exact) mass is 343 g/mol. The molecule has 0 unspecified atom stereocenters. The van der Waals surface area contributed by atoms with Crippen molar-refractivity contribution < 1.29 is 24.2 Å². The average molecular weight is 343 g/mol. The molecule has 0 bridgehead atoms. The number of phenolic OH excluding ortho intramolecular Hbond substituents is 1. The maximum Gasteiger partial charge on any atom is 0.342 e. The Bertz CT molecular complexity index is 833. The van der Waals surface area contributed by atoms with E-state index in [9.17, 15) is 14.7 Å². The zero-order chi connectivity index (χ0) is 18.1. The third-order valence-electron chi connectivity index (χ3n) is 4.45. The fourth-order valence-electron chi connectivity index (χ4n) is 3.05. The summed E-state index contributed by atoms with van der Waals surface area (Å²) in [6.07, 6.45) is 2.27. The predicted molar refractivity (Wildman–Crippen MR) is 91.4 cm³/mol. The van der Waals surface area contributed by atoms with E-state index in [2.05, 4.69) is 4.57 Å². The standard InChI is InChI=1S/C19H21NO5/c1-11-8-15(12(2)20(11)13-4-5-13)18(22)10-25-19(23)16-9-14(24-3)6-7-17(16)21/h6-9,13,21H,4-5,10H2,1-3H3. The molecular weight excluding hydrogens is 322 g/mol. The Labute approximate surface area is 146 Å². The number of aryl methyl sites for hydroxylation is 1. The van der Waals surface area contributed by atoms with Crippen molar-refractivity contribution in [2.45, 2.75) is 32.7 Å². The average Bonchev–Trinajstić information content (AvgIpc) is 3.38. The normalized spacial score (nSPS) is 13.6. The minimum absolute atomic E-state index is 0.0318. The van der Waals surface area contributed by atoms with Gasteiger partial charge in [0.25, 0.3) is 0 Å². The van der Waals surface area contributed by atoms with Crippen LogP contribution in [0.4, 0.5) is 0 Å². The Kier molecular flexibility index (Phi) is 4.53. The molecule has 3 rings (SSSR count). The molecule has 1 aromatic carbocycles. The molecular formula is C19H21NO5. The van der Waals surface area contributed by atoms with Crippen LogP contribution in [0.2, 0.25) is 0 Å². The van der Waals surface area contributed by atoms with Crippen molar-refractivity contribution in [1.29, 1.82) is 0 Å². The highest BCUT2D eigenvalue weighted by Gasteiger charge is 2.28. The van der Waals surface area contributed by atoms with E-state index >= 15 is 0 Å². The molecule has 1 saturated carbocycles. The van der Waals surface area contributed by atoms with Crippen molar-refractivity contribution in [3.05, 3.63) is 46.8 Å². The molecule has 0 amide bonds. The van der Waals surface area contributed by atoms with Crippen LogP contribution in [0.1, 0.15) is 51.0 Å². The first-order chi connectivity index (χ1) is 11.9. The second kappa shape index (κ2) is 6.63. The number of aromatic hydroxyl groups is 1. The number of aromatic nitrogens is 1. The molecule has 1 heterocycles. The number of benzene rings is 1. The summed E-state index contributed by atoms with van der Waals surface area (Å²) in [6, 6.07) is 6.58. The summed E-state index contributed by atoms with van der Waals surface area (Å²) in [5.41, 5.74) is 2.49. The topological polar surface area (TPSA) is 77.8 Å². The highest BCUT2D eigenvalue weighted by Crippen LogP contribution is 2.38. The van der Waals surface area contributed by atoms with E-state index in [1.165, 1.54) is 25.3 Å². The van der Waals surface area contributed by atoms with Gasteiger partial charge in [0, 0.05) is 23.0 Å². The number of rotatable bonds is 6. The molecule has 0 atom stereocenters. The molecule has 0 saturated heterocycles. The van der Waals surface area contributed by atoms with Crippen LogP contribution in [-0.4, -0.2) is 35.1 Å². The fourth-order valence-corrected chi connectivity index (χ4v) is 3.05. The highest BCUT2D eigenvalue weighted by molar-refractivity contribution is 6.01. The van der Waals surface area contributed by atoms with E-state index in [1.54, 1.807) is 0 Å². The molecule has 132 valence electrons. The van der Waals surface area contributed by atoms with Crippen LogP contribution >= 0.6 is 0 Å². The number of carbonyl (C=O) groups is 2. The van der Waals surface area contributed by atoms with Gasteiger partial charge in [-0.1, -0.05) is 0 Å². The summed E-state index contributed by atoms with van der Waals surface area (Å²) < 4.78 is 12.3. The molecule has 1 aliphatic rings. The summed E-state index contributed by atoms with van der Waals surface area (Å²) in [5.74, 6) is -0.814. The lowest BCUT2D eigenvalue weighted by Gasteiger charge is -2.09. The Hall–Kier alpha value is -2.76. The third-order valence-corrected chi connectivity index (χ3v) is 4.45. The lowest BCUT2D eigenvalue weighted by atomic mass is 10.1. The number of Topliss-reactive ketones (excluding diaryl/α,β-unsaturated/α-hetero) is 1. The first-order valence-electron chi connectivity index (χ1n) is 8.18. The smallest absolute Gasteiger partial charge is 0.342 e. The van der Waals surface area contributed by atoms with Gasteiger partial charge in [0.15, 0.2) is 6.61 Å². The maximum absolute atomic E-state index is 12.4. The van der Waals surface area contributed by atoms with Crippen molar-refractivity contribution in [1.82, 2.24) is 4.57 Å². The van der Waals surface area contributed by atoms with Gasteiger partial charge in [-0.25, -0.2) is 4.79 Å².